The van der Waals surface area contributed by atoms with E-state index in [1.165, 1.54) is 10.8 Å². The van der Waals surface area contributed by atoms with Gasteiger partial charge in [0.2, 0.25) is 5.91 Å². The molecule has 1 amide bonds. The van der Waals surface area contributed by atoms with E-state index in [4.69, 9.17) is 5.73 Å². The van der Waals surface area contributed by atoms with Crippen LogP contribution >= 0.6 is 0 Å². The summed E-state index contributed by atoms with van der Waals surface area (Å²) in [6.45, 7) is 2.19. The van der Waals surface area contributed by atoms with E-state index in [0.717, 1.165) is 37.9 Å². The molecule has 24 heavy (non-hydrogen) atoms. The number of nitrogens with two attached hydrogens (primary N) is 1. The van der Waals surface area contributed by atoms with Crippen molar-refractivity contribution in [1.82, 2.24) is 10.6 Å². The molecule has 1 saturated carbocycles. The van der Waals surface area contributed by atoms with Crippen molar-refractivity contribution >= 4 is 16.7 Å². The van der Waals surface area contributed by atoms with Crippen molar-refractivity contribution in [3.05, 3.63) is 48.0 Å². The number of hydrogen-bond acceptors (Lipinski definition) is 3. The highest BCUT2D eigenvalue weighted by Gasteiger charge is 2.51. The molecule has 1 unspecified atom stereocenters. The van der Waals surface area contributed by atoms with Crippen LogP contribution in [0.5, 0.6) is 0 Å². The Morgan fingerprint density at radius 2 is 2.12 bits per heavy atom. The maximum absolute atomic E-state index is 13.0. The summed E-state index contributed by atoms with van der Waals surface area (Å²) in [4.78, 5) is 13.0. The summed E-state index contributed by atoms with van der Waals surface area (Å²) in [5.74, 6) is 0.658. The van der Waals surface area contributed by atoms with Crippen molar-refractivity contribution in [2.45, 2.75) is 25.3 Å². The van der Waals surface area contributed by atoms with Gasteiger partial charge in [-0.3, -0.25) is 4.79 Å². The maximum atomic E-state index is 13.0. The van der Waals surface area contributed by atoms with E-state index >= 15 is 0 Å². The van der Waals surface area contributed by atoms with Gasteiger partial charge in [0.1, 0.15) is 0 Å². The summed E-state index contributed by atoms with van der Waals surface area (Å²) < 4.78 is 0. The number of fused-ring (bicyclic) bond motifs is 2. The van der Waals surface area contributed by atoms with Crippen LogP contribution in [0.4, 0.5) is 0 Å². The quantitative estimate of drug-likeness (QED) is 0.809. The Morgan fingerprint density at radius 3 is 2.96 bits per heavy atom. The second-order valence-electron chi connectivity index (χ2n) is 7.24. The Labute approximate surface area is 142 Å². The molecule has 1 saturated heterocycles. The van der Waals surface area contributed by atoms with Gasteiger partial charge >= 0.3 is 0 Å². The molecular weight excluding hydrogens is 298 g/mol. The Balaban J connectivity index is 1.58. The molecular formula is C20H25N3O. The van der Waals surface area contributed by atoms with Gasteiger partial charge in [0.05, 0.1) is 11.5 Å². The average Bonchev–Trinajstić information content (AvgIpc) is 3.20. The molecule has 4 rings (SSSR count). The van der Waals surface area contributed by atoms with Crippen molar-refractivity contribution in [1.29, 1.82) is 0 Å². The molecule has 0 radical (unpaired) electrons. The molecule has 0 aromatic heterocycles. The second-order valence-corrected chi connectivity index (χ2v) is 7.24. The molecule has 2 fully saturated rings. The van der Waals surface area contributed by atoms with Gasteiger partial charge < -0.3 is 16.4 Å². The van der Waals surface area contributed by atoms with E-state index in [0.29, 0.717) is 12.5 Å². The molecule has 126 valence electrons. The molecule has 2 aliphatic rings. The van der Waals surface area contributed by atoms with E-state index in [2.05, 4.69) is 41.0 Å². The lowest BCUT2D eigenvalue weighted by Crippen LogP contribution is -2.46. The van der Waals surface area contributed by atoms with E-state index < -0.39 is 0 Å². The fourth-order valence-electron chi connectivity index (χ4n) is 4.53. The van der Waals surface area contributed by atoms with Crippen LogP contribution in [-0.4, -0.2) is 25.5 Å². The molecule has 3 atom stereocenters. The Bertz CT molecular complexity index is 747. The van der Waals surface area contributed by atoms with E-state index in [-0.39, 0.29) is 17.4 Å². The number of carbonyl (C=O) groups excluding carboxylic acids is 1. The van der Waals surface area contributed by atoms with Crippen LogP contribution in [0, 0.1) is 11.3 Å². The first-order chi connectivity index (χ1) is 11.7. The Kier molecular flexibility index (Phi) is 4.02. The smallest absolute Gasteiger partial charge is 0.228 e. The minimum absolute atomic E-state index is 0.127. The normalized spacial score (nSPS) is 27.1. The summed E-state index contributed by atoms with van der Waals surface area (Å²) in [6.07, 6.45) is 3.30. The number of hydrogen-bond donors (Lipinski definition) is 3. The topological polar surface area (TPSA) is 67.1 Å². The second kappa shape index (κ2) is 6.19. The first-order valence-corrected chi connectivity index (χ1v) is 8.93. The predicted octanol–water partition coefficient (Wildman–Crippen LogP) is 2.35. The Hall–Kier alpha value is -1.91. The molecule has 4 N–H and O–H groups in total. The van der Waals surface area contributed by atoms with Crippen LogP contribution in [-0.2, 0) is 4.79 Å². The van der Waals surface area contributed by atoms with Crippen molar-refractivity contribution < 1.29 is 4.79 Å². The Morgan fingerprint density at radius 1 is 1.29 bits per heavy atom. The largest absolute Gasteiger partial charge is 0.347 e. The average molecular weight is 323 g/mol. The van der Waals surface area contributed by atoms with Crippen LogP contribution in [0.25, 0.3) is 10.8 Å². The molecule has 4 heteroatoms. The third-order valence-electron chi connectivity index (χ3n) is 5.96. The molecule has 1 heterocycles. The van der Waals surface area contributed by atoms with Gasteiger partial charge in [-0.05, 0) is 47.7 Å². The summed E-state index contributed by atoms with van der Waals surface area (Å²) >= 11 is 0. The third-order valence-corrected chi connectivity index (χ3v) is 5.96. The zero-order valence-corrected chi connectivity index (χ0v) is 13.9. The van der Waals surface area contributed by atoms with E-state index in [1.54, 1.807) is 0 Å². The van der Waals surface area contributed by atoms with Crippen molar-refractivity contribution in [2.75, 3.05) is 19.6 Å². The minimum Gasteiger partial charge on any atom is -0.347 e. The van der Waals surface area contributed by atoms with Gasteiger partial charge in [-0.15, -0.1) is 0 Å². The molecule has 2 aromatic rings. The first-order valence-electron chi connectivity index (χ1n) is 8.93. The fourth-order valence-corrected chi connectivity index (χ4v) is 4.53. The van der Waals surface area contributed by atoms with Gasteiger partial charge in [-0.1, -0.05) is 42.8 Å². The molecule has 4 nitrogen and oxygen atoms in total. The number of benzene rings is 2. The van der Waals surface area contributed by atoms with Gasteiger partial charge in [0.15, 0.2) is 0 Å². The minimum atomic E-state index is -0.218. The summed E-state index contributed by atoms with van der Waals surface area (Å²) in [7, 11) is 0. The van der Waals surface area contributed by atoms with Gasteiger partial charge in [-0.25, -0.2) is 0 Å². The zero-order valence-electron chi connectivity index (χ0n) is 13.9. The first kappa shape index (κ1) is 15.6. The number of rotatable bonds is 4. The van der Waals surface area contributed by atoms with Crippen LogP contribution in [0.3, 0.4) is 0 Å². The number of carbonyl (C=O) groups is 1. The summed E-state index contributed by atoms with van der Waals surface area (Å²) in [6, 6.07) is 14.5. The molecule has 1 aliphatic carbocycles. The maximum Gasteiger partial charge on any atom is 0.228 e. The molecule has 0 spiro atoms. The standard InChI is InChI=1S/C20H25N3O/c21-11-18(16-8-7-14-4-1-2-5-15(14)10-16)23-19(24)20-9-3-6-17(20)12-22-13-20/h1-2,4-5,7-8,10,17-18,22H,3,6,9,11-13,21H2,(H,23,24)/t17-,18?,20-/m1/s1. The van der Waals surface area contributed by atoms with Gasteiger partial charge in [-0.2, -0.15) is 0 Å². The lowest BCUT2D eigenvalue weighted by molar-refractivity contribution is -0.132. The fraction of sp³-hybridized carbons (Fsp3) is 0.450. The van der Waals surface area contributed by atoms with Crippen LogP contribution in [0.15, 0.2) is 42.5 Å². The van der Waals surface area contributed by atoms with Crippen LogP contribution < -0.4 is 16.4 Å². The van der Waals surface area contributed by atoms with Crippen molar-refractivity contribution in [3.63, 3.8) is 0 Å². The van der Waals surface area contributed by atoms with Gasteiger partial charge in [0.25, 0.3) is 0 Å². The highest BCUT2D eigenvalue weighted by molar-refractivity contribution is 5.85. The monoisotopic (exact) mass is 323 g/mol. The molecule has 1 aliphatic heterocycles. The van der Waals surface area contributed by atoms with Crippen LogP contribution in [0.2, 0.25) is 0 Å². The van der Waals surface area contributed by atoms with Crippen molar-refractivity contribution in [3.8, 4) is 0 Å². The number of nitrogens with one attached hydrogen (secondary N) is 2. The predicted molar refractivity (Wildman–Crippen MR) is 96.5 cm³/mol. The molecule has 2 aromatic carbocycles. The highest BCUT2D eigenvalue weighted by atomic mass is 16.2. The SMILES string of the molecule is NCC(NC(=O)[C@@]12CCC[C@@H]1CNC2)c1ccc2ccccc2c1. The van der Waals surface area contributed by atoms with E-state index in [1.807, 2.05) is 12.1 Å². The van der Waals surface area contributed by atoms with Crippen molar-refractivity contribution in [2.24, 2.45) is 17.1 Å². The third kappa shape index (κ3) is 2.50. The van der Waals surface area contributed by atoms with Gasteiger partial charge in [0, 0.05) is 13.1 Å². The lowest BCUT2D eigenvalue weighted by Gasteiger charge is -2.30. The molecule has 0 bridgehead atoms. The lowest BCUT2D eigenvalue weighted by atomic mass is 9.79. The van der Waals surface area contributed by atoms with Crippen LogP contribution in [0.1, 0.15) is 30.9 Å². The summed E-state index contributed by atoms with van der Waals surface area (Å²) in [5.41, 5.74) is 6.87. The zero-order chi connectivity index (χ0) is 16.6. The highest BCUT2D eigenvalue weighted by Crippen LogP contribution is 2.46. The van der Waals surface area contributed by atoms with E-state index in [9.17, 15) is 4.79 Å². The number of amides is 1. The summed E-state index contributed by atoms with van der Waals surface area (Å²) in [5, 5.41) is 9.05.